The molecule has 0 N–H and O–H groups in total. The van der Waals surface area contributed by atoms with Crippen LogP contribution in [0.3, 0.4) is 0 Å². The minimum Gasteiger partial charge on any atom is -0.258 e. The largest absolute Gasteiger partial charge is 0.272 e. The monoisotopic (exact) mass is 241 g/mol. The fraction of sp³-hybridized carbons (Fsp3) is 0.500. The van der Waals surface area contributed by atoms with E-state index in [0.717, 1.165) is 24.0 Å². The van der Waals surface area contributed by atoms with Crippen molar-refractivity contribution in [1.82, 2.24) is 0 Å². The van der Waals surface area contributed by atoms with Gasteiger partial charge in [-0.1, -0.05) is 25.5 Å². The molecule has 0 aromatic heterocycles. The molecule has 88 valence electrons. The van der Waals surface area contributed by atoms with Crippen LogP contribution in [-0.4, -0.2) is 10.3 Å². The molecule has 1 atom stereocenters. The highest BCUT2D eigenvalue weighted by Crippen LogP contribution is 2.25. The minimum absolute atomic E-state index is 0.0233. The van der Waals surface area contributed by atoms with Crippen molar-refractivity contribution in [3.8, 4) is 0 Å². The molecule has 0 spiro atoms. The summed E-state index contributed by atoms with van der Waals surface area (Å²) in [6.07, 6.45) is 2.44. The number of hydrogen-bond donors (Lipinski definition) is 0. The highest BCUT2D eigenvalue weighted by atomic mass is 35.5. The van der Waals surface area contributed by atoms with Crippen LogP contribution in [0.15, 0.2) is 18.2 Å². The van der Waals surface area contributed by atoms with Crippen LogP contribution in [-0.2, 0) is 6.42 Å². The number of rotatable bonds is 5. The smallest absolute Gasteiger partial charge is 0.258 e. The Morgan fingerprint density at radius 1 is 1.50 bits per heavy atom. The molecule has 1 unspecified atom stereocenters. The van der Waals surface area contributed by atoms with Crippen LogP contribution in [0.1, 0.15) is 30.9 Å². The standard InChI is InChI=1S/C12H16ClNO2/c1-3-5-10(13)8-11-9(2)6-4-7-12(11)14(15)16/h4,6-7,10H,3,5,8H2,1-2H3. The molecule has 16 heavy (non-hydrogen) atoms. The Hall–Kier alpha value is -1.09. The maximum atomic E-state index is 10.9. The lowest BCUT2D eigenvalue weighted by Gasteiger charge is -2.10. The van der Waals surface area contributed by atoms with Gasteiger partial charge in [-0.25, -0.2) is 0 Å². The van der Waals surface area contributed by atoms with Gasteiger partial charge in [0.2, 0.25) is 0 Å². The number of alkyl halides is 1. The first-order chi connectivity index (χ1) is 7.56. The van der Waals surface area contributed by atoms with E-state index in [1.165, 1.54) is 6.07 Å². The van der Waals surface area contributed by atoms with Crippen molar-refractivity contribution in [3.63, 3.8) is 0 Å². The van der Waals surface area contributed by atoms with Gasteiger partial charge >= 0.3 is 0 Å². The van der Waals surface area contributed by atoms with Crippen molar-refractivity contribution in [2.75, 3.05) is 0 Å². The van der Waals surface area contributed by atoms with Gasteiger partial charge in [-0.05, 0) is 25.3 Å². The van der Waals surface area contributed by atoms with E-state index in [9.17, 15) is 10.1 Å². The fourth-order valence-electron chi connectivity index (χ4n) is 1.76. The van der Waals surface area contributed by atoms with Gasteiger partial charge in [0, 0.05) is 17.0 Å². The summed E-state index contributed by atoms with van der Waals surface area (Å²) in [5, 5.41) is 10.9. The molecule has 3 nitrogen and oxygen atoms in total. The molecule has 1 rings (SSSR count). The van der Waals surface area contributed by atoms with E-state index < -0.39 is 0 Å². The summed E-state index contributed by atoms with van der Waals surface area (Å²) in [4.78, 5) is 10.5. The summed E-state index contributed by atoms with van der Waals surface area (Å²) in [5.74, 6) is 0. The van der Waals surface area contributed by atoms with Gasteiger partial charge in [0.25, 0.3) is 5.69 Å². The molecule has 0 aliphatic carbocycles. The van der Waals surface area contributed by atoms with E-state index in [1.807, 2.05) is 13.0 Å². The number of nitro benzene ring substituents is 1. The van der Waals surface area contributed by atoms with E-state index in [-0.39, 0.29) is 16.0 Å². The lowest BCUT2D eigenvalue weighted by molar-refractivity contribution is -0.385. The SMILES string of the molecule is CCCC(Cl)Cc1c(C)cccc1[N+](=O)[O-]. The molecule has 0 aliphatic heterocycles. The molecule has 0 saturated carbocycles. The lowest BCUT2D eigenvalue weighted by Crippen LogP contribution is -2.07. The Kier molecular flexibility index (Phi) is 4.74. The van der Waals surface area contributed by atoms with E-state index in [4.69, 9.17) is 11.6 Å². The van der Waals surface area contributed by atoms with Gasteiger partial charge < -0.3 is 0 Å². The van der Waals surface area contributed by atoms with Gasteiger partial charge in [-0.2, -0.15) is 0 Å². The van der Waals surface area contributed by atoms with Crippen molar-refractivity contribution in [2.45, 2.75) is 38.5 Å². The molecule has 0 radical (unpaired) electrons. The molecule has 0 amide bonds. The number of nitrogens with zero attached hydrogens (tertiary/aromatic N) is 1. The van der Waals surface area contributed by atoms with Crippen molar-refractivity contribution < 1.29 is 4.92 Å². The predicted molar refractivity (Wildman–Crippen MR) is 66.1 cm³/mol. The summed E-state index contributed by atoms with van der Waals surface area (Å²) >= 11 is 6.14. The summed E-state index contributed by atoms with van der Waals surface area (Å²) in [6, 6.07) is 5.13. The quantitative estimate of drug-likeness (QED) is 0.446. The normalized spacial score (nSPS) is 12.4. The molecule has 1 aromatic rings. The van der Waals surface area contributed by atoms with E-state index in [1.54, 1.807) is 6.07 Å². The molecule has 4 heteroatoms. The first-order valence-electron chi connectivity index (χ1n) is 5.43. The van der Waals surface area contributed by atoms with Crippen LogP contribution in [0.5, 0.6) is 0 Å². The number of nitro groups is 1. The van der Waals surface area contributed by atoms with Gasteiger partial charge in [0.15, 0.2) is 0 Å². The molecule has 0 heterocycles. The third-order valence-electron chi connectivity index (χ3n) is 2.61. The van der Waals surface area contributed by atoms with Crippen LogP contribution in [0, 0.1) is 17.0 Å². The number of aryl methyl sites for hydroxylation is 1. The van der Waals surface area contributed by atoms with Crippen molar-refractivity contribution in [3.05, 3.63) is 39.4 Å². The van der Waals surface area contributed by atoms with E-state index in [0.29, 0.717) is 6.42 Å². The van der Waals surface area contributed by atoms with Crippen molar-refractivity contribution in [1.29, 1.82) is 0 Å². The predicted octanol–water partition coefficient (Wildman–Crippen LogP) is 3.85. The number of benzene rings is 1. The first-order valence-corrected chi connectivity index (χ1v) is 5.86. The first kappa shape index (κ1) is 13.0. The van der Waals surface area contributed by atoms with Crippen LogP contribution < -0.4 is 0 Å². The Bertz CT molecular complexity index is 379. The zero-order valence-electron chi connectivity index (χ0n) is 9.57. The molecular weight excluding hydrogens is 226 g/mol. The minimum atomic E-state index is -0.335. The molecule has 0 saturated heterocycles. The van der Waals surface area contributed by atoms with Crippen LogP contribution in [0.2, 0.25) is 0 Å². The van der Waals surface area contributed by atoms with Gasteiger partial charge in [0.1, 0.15) is 0 Å². The Morgan fingerprint density at radius 3 is 2.75 bits per heavy atom. The summed E-state index contributed by atoms with van der Waals surface area (Å²) in [5.41, 5.74) is 1.89. The van der Waals surface area contributed by atoms with Crippen LogP contribution in [0.4, 0.5) is 5.69 Å². The second-order valence-electron chi connectivity index (χ2n) is 3.92. The third-order valence-corrected chi connectivity index (χ3v) is 2.98. The molecular formula is C12H16ClNO2. The van der Waals surface area contributed by atoms with Gasteiger partial charge in [0.05, 0.1) is 4.92 Å². The zero-order chi connectivity index (χ0) is 12.1. The van der Waals surface area contributed by atoms with Gasteiger partial charge in [-0.3, -0.25) is 10.1 Å². The Morgan fingerprint density at radius 2 is 2.19 bits per heavy atom. The van der Waals surface area contributed by atoms with E-state index in [2.05, 4.69) is 6.92 Å². The topological polar surface area (TPSA) is 43.1 Å². The highest BCUT2D eigenvalue weighted by Gasteiger charge is 2.18. The summed E-state index contributed by atoms with van der Waals surface area (Å²) in [7, 11) is 0. The second kappa shape index (κ2) is 5.85. The molecule has 1 aromatic carbocycles. The van der Waals surface area contributed by atoms with Crippen molar-refractivity contribution >= 4 is 17.3 Å². The average Bonchev–Trinajstić information content (AvgIpc) is 2.21. The molecule has 0 aliphatic rings. The Labute approximate surface area is 101 Å². The van der Waals surface area contributed by atoms with E-state index >= 15 is 0 Å². The third kappa shape index (κ3) is 3.20. The maximum Gasteiger partial charge on any atom is 0.272 e. The van der Waals surface area contributed by atoms with Crippen LogP contribution in [0.25, 0.3) is 0 Å². The maximum absolute atomic E-state index is 10.9. The summed E-state index contributed by atoms with van der Waals surface area (Å²) < 4.78 is 0. The van der Waals surface area contributed by atoms with Crippen LogP contribution >= 0.6 is 11.6 Å². The Balaban J connectivity index is 2.97. The summed E-state index contributed by atoms with van der Waals surface area (Å²) in [6.45, 7) is 3.94. The molecule has 0 bridgehead atoms. The molecule has 0 fully saturated rings. The number of hydrogen-bond acceptors (Lipinski definition) is 2. The average molecular weight is 242 g/mol. The second-order valence-corrected chi connectivity index (χ2v) is 4.54. The lowest BCUT2D eigenvalue weighted by atomic mass is 10.00. The van der Waals surface area contributed by atoms with Crippen molar-refractivity contribution in [2.24, 2.45) is 0 Å². The highest BCUT2D eigenvalue weighted by molar-refractivity contribution is 6.20. The zero-order valence-corrected chi connectivity index (χ0v) is 10.3. The fourth-order valence-corrected chi connectivity index (χ4v) is 2.13. The number of halogens is 1. The van der Waals surface area contributed by atoms with Gasteiger partial charge in [-0.15, -0.1) is 11.6 Å².